The van der Waals surface area contributed by atoms with Crippen LogP contribution in [0.1, 0.15) is 34.6 Å². The van der Waals surface area contributed by atoms with Crippen LogP contribution < -0.4 is 4.74 Å². The number of carbonyl (C=O) groups is 1. The molecule has 6 heteroatoms. The lowest BCUT2D eigenvalue weighted by Gasteiger charge is -2.25. The van der Waals surface area contributed by atoms with Gasteiger partial charge in [-0.3, -0.25) is 9.48 Å². The Hall–Kier alpha value is -2.37. The van der Waals surface area contributed by atoms with E-state index in [0.29, 0.717) is 11.4 Å². The Morgan fingerprint density at radius 3 is 2.96 bits per heavy atom. The van der Waals surface area contributed by atoms with Crippen molar-refractivity contribution in [2.75, 3.05) is 13.7 Å². The first kappa shape index (κ1) is 15.5. The monoisotopic (exact) mass is 314 g/mol. The van der Waals surface area contributed by atoms with Crippen LogP contribution in [0.25, 0.3) is 0 Å². The molecule has 1 amide bonds. The van der Waals surface area contributed by atoms with Crippen LogP contribution in [0.3, 0.4) is 0 Å². The molecule has 0 N–H and O–H groups in total. The molecule has 3 heterocycles. The number of hydrogen-bond donors (Lipinski definition) is 0. The van der Waals surface area contributed by atoms with Gasteiger partial charge in [0, 0.05) is 18.4 Å². The molecule has 2 aromatic rings. The molecule has 1 saturated heterocycles. The Morgan fingerprint density at radius 2 is 2.26 bits per heavy atom. The van der Waals surface area contributed by atoms with E-state index in [9.17, 15) is 4.79 Å². The van der Waals surface area contributed by atoms with Gasteiger partial charge in [0.2, 0.25) is 5.88 Å². The van der Waals surface area contributed by atoms with Crippen LogP contribution in [0.15, 0.2) is 24.4 Å². The van der Waals surface area contributed by atoms with Gasteiger partial charge in [-0.15, -0.1) is 0 Å². The van der Waals surface area contributed by atoms with E-state index >= 15 is 0 Å². The Kier molecular flexibility index (Phi) is 4.32. The molecule has 0 unspecified atom stereocenters. The number of rotatable bonds is 4. The standard InChI is InChI=1S/C17H22N4O2/c1-12-10-13(2)21(19-12)11-14-6-5-9-20(14)17(22)15-7-4-8-18-16(15)23-3/h4,7-8,10,14H,5-6,9,11H2,1-3H3/t14-/m1/s1. The predicted octanol–water partition coefficient (Wildman–Crippen LogP) is 2.21. The molecule has 0 bridgehead atoms. The molecule has 3 rings (SSSR count). The number of carbonyl (C=O) groups excluding carboxylic acids is 1. The number of methoxy groups -OCH3 is 1. The maximum Gasteiger partial charge on any atom is 0.259 e. The van der Waals surface area contributed by atoms with Crippen molar-refractivity contribution in [1.82, 2.24) is 19.7 Å². The van der Waals surface area contributed by atoms with E-state index in [2.05, 4.69) is 16.1 Å². The van der Waals surface area contributed by atoms with E-state index in [-0.39, 0.29) is 11.9 Å². The molecule has 122 valence electrons. The van der Waals surface area contributed by atoms with E-state index in [1.54, 1.807) is 18.3 Å². The number of aryl methyl sites for hydroxylation is 2. The molecule has 0 aliphatic carbocycles. The Balaban J connectivity index is 1.81. The minimum atomic E-state index is -0.0148. The largest absolute Gasteiger partial charge is 0.480 e. The number of nitrogens with zero attached hydrogens (tertiary/aromatic N) is 4. The third-order valence-corrected chi connectivity index (χ3v) is 4.32. The van der Waals surface area contributed by atoms with Gasteiger partial charge in [-0.2, -0.15) is 5.10 Å². The highest BCUT2D eigenvalue weighted by atomic mass is 16.5. The quantitative estimate of drug-likeness (QED) is 0.868. The third-order valence-electron chi connectivity index (χ3n) is 4.32. The van der Waals surface area contributed by atoms with E-state index in [1.165, 1.54) is 7.11 Å². The van der Waals surface area contributed by atoms with Crippen molar-refractivity contribution in [3.63, 3.8) is 0 Å². The van der Waals surface area contributed by atoms with E-state index in [1.807, 2.05) is 23.4 Å². The summed E-state index contributed by atoms with van der Waals surface area (Å²) in [5.41, 5.74) is 2.66. The summed E-state index contributed by atoms with van der Waals surface area (Å²) in [7, 11) is 1.54. The molecule has 0 saturated carbocycles. The van der Waals surface area contributed by atoms with Crippen molar-refractivity contribution in [2.24, 2.45) is 0 Å². The molecule has 0 spiro atoms. The minimum Gasteiger partial charge on any atom is -0.480 e. The third kappa shape index (κ3) is 3.06. The fourth-order valence-corrected chi connectivity index (χ4v) is 3.22. The zero-order chi connectivity index (χ0) is 16.4. The lowest BCUT2D eigenvalue weighted by molar-refractivity contribution is 0.0717. The highest BCUT2D eigenvalue weighted by molar-refractivity contribution is 5.96. The lowest BCUT2D eigenvalue weighted by Crippen LogP contribution is -2.38. The van der Waals surface area contributed by atoms with Gasteiger partial charge in [0.05, 0.1) is 25.4 Å². The molecule has 1 aliphatic heterocycles. The van der Waals surface area contributed by atoms with Crippen molar-refractivity contribution in [2.45, 2.75) is 39.3 Å². The van der Waals surface area contributed by atoms with Gasteiger partial charge < -0.3 is 9.64 Å². The van der Waals surface area contributed by atoms with Crippen LogP contribution in [-0.2, 0) is 6.54 Å². The van der Waals surface area contributed by atoms with Gasteiger partial charge in [0.25, 0.3) is 5.91 Å². The first-order valence-electron chi connectivity index (χ1n) is 7.91. The number of pyridine rings is 1. The van der Waals surface area contributed by atoms with Gasteiger partial charge in [-0.05, 0) is 44.9 Å². The van der Waals surface area contributed by atoms with Gasteiger partial charge in [-0.1, -0.05) is 0 Å². The molecule has 1 fully saturated rings. The van der Waals surface area contributed by atoms with Gasteiger partial charge in [0.1, 0.15) is 5.56 Å². The first-order valence-corrected chi connectivity index (χ1v) is 7.91. The zero-order valence-corrected chi connectivity index (χ0v) is 13.8. The van der Waals surface area contributed by atoms with Gasteiger partial charge in [0.15, 0.2) is 0 Å². The average Bonchev–Trinajstić information content (AvgIpc) is 3.13. The van der Waals surface area contributed by atoms with Crippen molar-refractivity contribution in [1.29, 1.82) is 0 Å². The van der Waals surface area contributed by atoms with E-state index in [0.717, 1.165) is 37.3 Å². The van der Waals surface area contributed by atoms with E-state index < -0.39 is 0 Å². The highest BCUT2D eigenvalue weighted by Gasteiger charge is 2.31. The maximum atomic E-state index is 12.9. The minimum absolute atomic E-state index is 0.0148. The predicted molar refractivity (Wildman–Crippen MR) is 86.5 cm³/mol. The summed E-state index contributed by atoms with van der Waals surface area (Å²) in [5.74, 6) is 0.369. The van der Waals surface area contributed by atoms with Crippen LogP contribution in [-0.4, -0.2) is 45.3 Å². The SMILES string of the molecule is COc1ncccc1C(=O)N1CCC[C@@H]1Cn1nc(C)cc1C. The molecule has 23 heavy (non-hydrogen) atoms. The van der Waals surface area contributed by atoms with Crippen molar-refractivity contribution < 1.29 is 9.53 Å². The molecule has 0 radical (unpaired) electrons. The van der Waals surface area contributed by atoms with Crippen LogP contribution in [0.4, 0.5) is 0 Å². The molecular formula is C17H22N4O2. The second-order valence-electron chi connectivity index (χ2n) is 5.96. The number of aromatic nitrogens is 3. The first-order chi connectivity index (χ1) is 11.1. The van der Waals surface area contributed by atoms with Crippen LogP contribution in [0.2, 0.25) is 0 Å². The molecule has 1 atom stereocenters. The summed E-state index contributed by atoms with van der Waals surface area (Å²) in [6, 6.07) is 5.75. The smallest absolute Gasteiger partial charge is 0.259 e. The Bertz CT molecular complexity index is 710. The number of likely N-dealkylation sites (tertiary alicyclic amines) is 1. The summed E-state index contributed by atoms with van der Waals surface area (Å²) in [6.07, 6.45) is 3.64. The number of amides is 1. The van der Waals surface area contributed by atoms with Gasteiger partial charge in [-0.25, -0.2) is 4.98 Å². The maximum absolute atomic E-state index is 12.9. The second-order valence-corrected chi connectivity index (χ2v) is 5.96. The summed E-state index contributed by atoms with van der Waals surface area (Å²) >= 11 is 0. The van der Waals surface area contributed by atoms with Crippen molar-refractivity contribution in [3.8, 4) is 5.88 Å². The number of hydrogen-bond acceptors (Lipinski definition) is 4. The Morgan fingerprint density at radius 1 is 1.43 bits per heavy atom. The van der Waals surface area contributed by atoms with Crippen molar-refractivity contribution >= 4 is 5.91 Å². The van der Waals surface area contributed by atoms with E-state index in [4.69, 9.17) is 4.74 Å². The summed E-state index contributed by atoms with van der Waals surface area (Å²) in [5, 5.41) is 4.52. The second kappa shape index (κ2) is 6.40. The van der Waals surface area contributed by atoms with Crippen LogP contribution in [0, 0.1) is 13.8 Å². The number of ether oxygens (including phenoxy) is 1. The summed E-state index contributed by atoms with van der Waals surface area (Å²) in [4.78, 5) is 18.9. The lowest BCUT2D eigenvalue weighted by atomic mass is 10.2. The molecule has 6 nitrogen and oxygen atoms in total. The van der Waals surface area contributed by atoms with Crippen molar-refractivity contribution in [3.05, 3.63) is 41.3 Å². The topological polar surface area (TPSA) is 60.2 Å². The average molecular weight is 314 g/mol. The zero-order valence-electron chi connectivity index (χ0n) is 13.8. The molecule has 2 aromatic heterocycles. The van der Waals surface area contributed by atoms with Gasteiger partial charge >= 0.3 is 0 Å². The Labute approximate surface area is 136 Å². The summed E-state index contributed by atoms with van der Waals surface area (Å²) in [6.45, 7) is 5.53. The van der Waals surface area contributed by atoms with Crippen LogP contribution in [0.5, 0.6) is 5.88 Å². The fourth-order valence-electron chi connectivity index (χ4n) is 3.22. The van der Waals surface area contributed by atoms with Crippen LogP contribution >= 0.6 is 0 Å². The summed E-state index contributed by atoms with van der Waals surface area (Å²) < 4.78 is 7.22. The fraction of sp³-hybridized carbons (Fsp3) is 0.471. The highest BCUT2D eigenvalue weighted by Crippen LogP contribution is 2.25. The molecule has 1 aliphatic rings. The molecule has 0 aromatic carbocycles. The normalized spacial score (nSPS) is 17.5. The molecular weight excluding hydrogens is 292 g/mol.